The molecule has 0 N–H and O–H groups in total. The lowest BCUT2D eigenvalue weighted by atomic mass is 10.0. The van der Waals surface area contributed by atoms with Crippen LogP contribution in [0.2, 0.25) is 0 Å². The van der Waals surface area contributed by atoms with E-state index in [1.807, 2.05) is 67.3 Å². The zero-order valence-electron chi connectivity index (χ0n) is 22.0. The summed E-state index contributed by atoms with van der Waals surface area (Å²) >= 11 is 0. The molecule has 40 heavy (non-hydrogen) atoms. The fourth-order valence-electron chi connectivity index (χ4n) is 5.35. The fourth-order valence-corrected chi connectivity index (χ4v) is 5.35. The van der Waals surface area contributed by atoms with Crippen molar-refractivity contribution in [2.45, 2.75) is 0 Å². The van der Waals surface area contributed by atoms with E-state index >= 15 is 0 Å². The lowest BCUT2D eigenvalue weighted by Crippen LogP contribution is -2.10. The maximum atomic E-state index is 4.66. The largest absolute Gasteiger partial charge is 0.343 e. The van der Waals surface area contributed by atoms with Crippen molar-refractivity contribution in [2.24, 2.45) is 4.99 Å². The molecule has 0 atom stereocenters. The van der Waals surface area contributed by atoms with Crippen LogP contribution in [0.3, 0.4) is 0 Å². The van der Waals surface area contributed by atoms with E-state index in [0.717, 1.165) is 61.6 Å². The summed E-state index contributed by atoms with van der Waals surface area (Å²) in [6.45, 7) is 3.79. The molecular weight excluding hydrogens is 492 g/mol. The number of aromatic nitrogens is 4. The van der Waals surface area contributed by atoms with Gasteiger partial charge in [-0.15, -0.1) is 0 Å². The van der Waals surface area contributed by atoms with Gasteiger partial charge in [0.1, 0.15) is 12.7 Å². The van der Waals surface area contributed by atoms with Crippen molar-refractivity contribution in [3.63, 3.8) is 0 Å². The molecule has 0 spiro atoms. The van der Waals surface area contributed by atoms with Gasteiger partial charge in [-0.25, -0.2) is 9.97 Å². The molecule has 0 saturated carbocycles. The number of para-hydroxylation sites is 7. The number of aliphatic imine (C=N–C) groups is 1. The highest BCUT2D eigenvalue weighted by Crippen LogP contribution is 2.38. The van der Waals surface area contributed by atoms with Gasteiger partial charge >= 0.3 is 0 Å². The predicted molar refractivity (Wildman–Crippen MR) is 165 cm³/mol. The second kappa shape index (κ2) is 9.67. The van der Waals surface area contributed by atoms with Gasteiger partial charge < -0.3 is 4.90 Å². The topological polar surface area (TPSA) is 51.2 Å². The van der Waals surface area contributed by atoms with E-state index in [4.69, 9.17) is 0 Å². The van der Waals surface area contributed by atoms with Gasteiger partial charge in [-0.1, -0.05) is 54.6 Å². The Labute approximate surface area is 232 Å². The van der Waals surface area contributed by atoms with Crippen molar-refractivity contribution in [1.82, 2.24) is 19.1 Å². The van der Waals surface area contributed by atoms with Gasteiger partial charge in [-0.05, 0) is 72.9 Å². The van der Waals surface area contributed by atoms with Crippen LogP contribution < -0.4 is 4.90 Å². The summed E-state index contributed by atoms with van der Waals surface area (Å²) in [5.74, 6) is 0. The summed E-state index contributed by atoms with van der Waals surface area (Å²) in [7, 11) is 2.06. The van der Waals surface area contributed by atoms with E-state index in [0.29, 0.717) is 0 Å². The van der Waals surface area contributed by atoms with E-state index in [-0.39, 0.29) is 0 Å². The zero-order valence-corrected chi connectivity index (χ0v) is 22.0. The Balaban J connectivity index is 1.47. The van der Waals surface area contributed by atoms with Crippen LogP contribution in [0.15, 0.2) is 133 Å². The van der Waals surface area contributed by atoms with E-state index < -0.39 is 0 Å². The van der Waals surface area contributed by atoms with E-state index in [2.05, 4.69) is 103 Å². The van der Waals surface area contributed by atoms with Crippen molar-refractivity contribution in [1.29, 1.82) is 0 Å². The molecule has 0 fully saturated rings. The van der Waals surface area contributed by atoms with Crippen molar-refractivity contribution in [3.8, 4) is 22.5 Å². The number of imidazole rings is 2. The van der Waals surface area contributed by atoms with Gasteiger partial charge in [-0.3, -0.25) is 14.1 Å². The molecule has 0 aliphatic heterocycles. The summed E-state index contributed by atoms with van der Waals surface area (Å²) in [6, 6.07) is 39.5. The van der Waals surface area contributed by atoms with Crippen LogP contribution in [-0.2, 0) is 0 Å². The summed E-state index contributed by atoms with van der Waals surface area (Å²) in [5, 5.41) is 0. The fraction of sp³-hybridized carbons (Fsp3) is 0.0294. The lowest BCUT2D eigenvalue weighted by molar-refractivity contribution is 1.08. The Hall–Kier alpha value is -5.49. The van der Waals surface area contributed by atoms with Crippen molar-refractivity contribution < 1.29 is 0 Å². The SMILES string of the molecule is C=Nc1ccccc1N(C)c1cc(-c2ccccc2-n2cnc3ccccc32)cc(-n2cnc3ccccc32)c1. The van der Waals surface area contributed by atoms with Crippen LogP contribution in [0.1, 0.15) is 0 Å². The molecule has 0 aliphatic carbocycles. The first kappa shape index (κ1) is 23.6. The monoisotopic (exact) mass is 518 g/mol. The Morgan fingerprint density at radius 2 is 1.30 bits per heavy atom. The average molecular weight is 519 g/mol. The highest BCUT2D eigenvalue weighted by Gasteiger charge is 2.16. The van der Waals surface area contributed by atoms with Crippen LogP contribution >= 0.6 is 0 Å². The molecule has 0 radical (unpaired) electrons. The van der Waals surface area contributed by atoms with Crippen molar-refractivity contribution >= 4 is 45.8 Å². The summed E-state index contributed by atoms with van der Waals surface area (Å²) in [5.41, 5.74) is 11.1. The second-order valence-corrected chi connectivity index (χ2v) is 9.67. The van der Waals surface area contributed by atoms with Crippen LogP contribution in [0, 0.1) is 0 Å². The molecule has 6 heteroatoms. The summed E-state index contributed by atoms with van der Waals surface area (Å²) < 4.78 is 4.30. The average Bonchev–Trinajstić information content (AvgIpc) is 3.65. The van der Waals surface area contributed by atoms with Gasteiger partial charge in [0.2, 0.25) is 0 Å². The third-order valence-electron chi connectivity index (χ3n) is 7.36. The Morgan fingerprint density at radius 3 is 2.08 bits per heavy atom. The highest BCUT2D eigenvalue weighted by molar-refractivity contribution is 5.86. The zero-order chi connectivity index (χ0) is 27.1. The van der Waals surface area contributed by atoms with Crippen molar-refractivity contribution in [3.05, 3.63) is 128 Å². The normalized spacial score (nSPS) is 11.2. The van der Waals surface area contributed by atoms with E-state index in [9.17, 15) is 0 Å². The third kappa shape index (κ3) is 3.94. The molecule has 0 amide bonds. The Bertz CT molecular complexity index is 2010. The first-order valence-electron chi connectivity index (χ1n) is 13.1. The molecule has 0 bridgehead atoms. The molecule has 0 aliphatic rings. The molecule has 5 aromatic carbocycles. The predicted octanol–water partition coefficient (Wildman–Crippen LogP) is 8.13. The first-order valence-corrected chi connectivity index (χ1v) is 13.1. The maximum Gasteiger partial charge on any atom is 0.100 e. The van der Waals surface area contributed by atoms with E-state index in [1.54, 1.807) is 0 Å². The minimum absolute atomic E-state index is 0.829. The number of fused-ring (bicyclic) bond motifs is 2. The van der Waals surface area contributed by atoms with Gasteiger partial charge in [0.05, 0.1) is 39.1 Å². The van der Waals surface area contributed by atoms with Gasteiger partial charge in [0.25, 0.3) is 0 Å². The third-order valence-corrected chi connectivity index (χ3v) is 7.36. The number of anilines is 2. The molecule has 0 saturated heterocycles. The molecule has 2 heterocycles. The molecular formula is C34H26N6. The highest BCUT2D eigenvalue weighted by atomic mass is 15.1. The van der Waals surface area contributed by atoms with Gasteiger partial charge in [0, 0.05) is 24.0 Å². The number of rotatable bonds is 6. The molecule has 192 valence electrons. The maximum absolute atomic E-state index is 4.66. The smallest absolute Gasteiger partial charge is 0.100 e. The molecule has 0 unspecified atom stereocenters. The summed E-state index contributed by atoms with van der Waals surface area (Å²) in [6.07, 6.45) is 3.79. The van der Waals surface area contributed by atoms with E-state index in [1.165, 1.54) is 0 Å². The summed E-state index contributed by atoms with van der Waals surface area (Å²) in [4.78, 5) is 15.7. The first-order chi connectivity index (χ1) is 19.7. The van der Waals surface area contributed by atoms with Gasteiger partial charge in [0.15, 0.2) is 0 Å². The van der Waals surface area contributed by atoms with Crippen LogP contribution in [-0.4, -0.2) is 32.9 Å². The quantitative estimate of drug-likeness (QED) is 0.209. The van der Waals surface area contributed by atoms with Crippen molar-refractivity contribution in [2.75, 3.05) is 11.9 Å². The molecule has 2 aromatic heterocycles. The molecule has 7 aromatic rings. The van der Waals surface area contributed by atoms with Crippen LogP contribution in [0.25, 0.3) is 44.6 Å². The number of hydrogen-bond acceptors (Lipinski definition) is 4. The van der Waals surface area contributed by atoms with Gasteiger partial charge in [-0.2, -0.15) is 0 Å². The van der Waals surface area contributed by atoms with Crippen LogP contribution in [0.4, 0.5) is 17.1 Å². The number of nitrogens with zero attached hydrogens (tertiary/aromatic N) is 6. The number of benzene rings is 5. The second-order valence-electron chi connectivity index (χ2n) is 9.67. The molecule has 7 rings (SSSR count). The van der Waals surface area contributed by atoms with Crippen LogP contribution in [0.5, 0.6) is 0 Å². The Morgan fingerprint density at radius 1 is 0.675 bits per heavy atom. The minimum atomic E-state index is 0.829. The Kier molecular flexibility index (Phi) is 5.71. The lowest BCUT2D eigenvalue weighted by Gasteiger charge is -2.23. The minimum Gasteiger partial charge on any atom is -0.343 e. The number of hydrogen-bond donors (Lipinski definition) is 0. The standard InChI is InChI=1S/C34H26N6/c1-35-28-12-4-8-16-32(28)38(2)25-19-24(20-26(21-25)39-22-36-29-13-5-9-17-33(29)39)27-11-3-7-15-31(27)40-23-37-30-14-6-10-18-34(30)40/h3-23H,1H2,2H3. The molecule has 6 nitrogen and oxygen atoms in total.